The average Bonchev–Trinajstić information content (AvgIpc) is 3.31. The van der Waals surface area contributed by atoms with Crippen molar-refractivity contribution in [1.29, 1.82) is 0 Å². The fourth-order valence-electron chi connectivity index (χ4n) is 4.10. The smallest absolute Gasteiger partial charge is 0.257 e. The third-order valence-electron chi connectivity index (χ3n) is 5.93. The van der Waals surface area contributed by atoms with Crippen LogP contribution in [0.3, 0.4) is 0 Å². The van der Waals surface area contributed by atoms with Crippen LogP contribution in [-0.2, 0) is 11.2 Å². The molecule has 2 aromatic carbocycles. The van der Waals surface area contributed by atoms with E-state index in [4.69, 9.17) is 4.74 Å². The van der Waals surface area contributed by atoms with E-state index in [-0.39, 0.29) is 42.5 Å². The first-order valence-electron chi connectivity index (χ1n) is 11.1. The molecule has 0 fully saturated rings. The minimum Gasteiger partial charge on any atom is -0.491 e. The van der Waals surface area contributed by atoms with Gasteiger partial charge in [0.15, 0.2) is 0 Å². The Labute approximate surface area is 201 Å². The maximum atomic E-state index is 14.3. The van der Waals surface area contributed by atoms with Gasteiger partial charge in [-0.15, -0.1) is 11.3 Å². The monoisotopic (exact) mass is 484 g/mol. The molecule has 2 amide bonds. The van der Waals surface area contributed by atoms with Crippen molar-refractivity contribution in [3.63, 3.8) is 0 Å². The van der Waals surface area contributed by atoms with Crippen LogP contribution in [0.4, 0.5) is 8.78 Å². The number of benzene rings is 2. The number of halogens is 2. The molecule has 0 radical (unpaired) electrons. The van der Waals surface area contributed by atoms with Crippen LogP contribution in [0.2, 0.25) is 0 Å². The van der Waals surface area contributed by atoms with Gasteiger partial charge >= 0.3 is 0 Å². The molecular weight excluding hydrogens is 458 g/mol. The van der Waals surface area contributed by atoms with Crippen molar-refractivity contribution in [3.05, 3.63) is 87.6 Å². The zero-order valence-electron chi connectivity index (χ0n) is 19.0. The van der Waals surface area contributed by atoms with Gasteiger partial charge in [-0.3, -0.25) is 9.59 Å². The van der Waals surface area contributed by atoms with E-state index in [0.717, 1.165) is 5.56 Å². The summed E-state index contributed by atoms with van der Waals surface area (Å²) in [6.45, 7) is 4.12. The van der Waals surface area contributed by atoms with Crippen molar-refractivity contribution in [3.8, 4) is 5.75 Å². The molecule has 0 saturated carbocycles. The van der Waals surface area contributed by atoms with Crippen LogP contribution in [0.25, 0.3) is 0 Å². The van der Waals surface area contributed by atoms with Crippen LogP contribution in [-0.4, -0.2) is 47.4 Å². The molecule has 34 heavy (non-hydrogen) atoms. The molecule has 0 bridgehead atoms. The summed E-state index contributed by atoms with van der Waals surface area (Å²) in [4.78, 5) is 30.8. The highest BCUT2D eigenvalue weighted by Crippen LogP contribution is 2.34. The second-order valence-electron chi connectivity index (χ2n) is 8.42. The Morgan fingerprint density at radius 2 is 1.85 bits per heavy atom. The summed E-state index contributed by atoms with van der Waals surface area (Å²) in [5.74, 6) is -1.21. The molecule has 0 N–H and O–H groups in total. The van der Waals surface area contributed by atoms with E-state index in [2.05, 4.69) is 0 Å². The Hall–Kier alpha value is -3.26. The molecule has 1 aromatic heterocycles. The number of hydrogen-bond acceptors (Lipinski definition) is 4. The van der Waals surface area contributed by atoms with Gasteiger partial charge in [-0.1, -0.05) is 12.1 Å². The summed E-state index contributed by atoms with van der Waals surface area (Å²) in [7, 11) is 0. The van der Waals surface area contributed by atoms with Gasteiger partial charge in [0.1, 0.15) is 30.5 Å². The Bertz CT molecular complexity index is 1160. The standard InChI is InChI=1S/C26H26F2N2O3S/c1-17(2)30(26(32)20-5-3-4-6-22(20)28)15-25(31)29-13-11-24-21(12-14-34-24)23(29)16-33-19-9-7-18(27)8-10-19/h3-10,12,14,17,23H,11,13,15-16H2,1-2H3. The molecular formula is C26H26F2N2O3S. The lowest BCUT2D eigenvalue weighted by atomic mass is 10.00. The van der Waals surface area contributed by atoms with Gasteiger partial charge in [0, 0.05) is 17.5 Å². The number of ether oxygens (including phenoxy) is 1. The molecule has 1 aliphatic rings. The van der Waals surface area contributed by atoms with Crippen LogP contribution < -0.4 is 4.74 Å². The average molecular weight is 485 g/mol. The first kappa shape index (κ1) is 23.9. The summed E-state index contributed by atoms with van der Waals surface area (Å²) in [5, 5.41) is 1.99. The zero-order chi connectivity index (χ0) is 24.2. The molecule has 2 heterocycles. The van der Waals surface area contributed by atoms with E-state index in [1.54, 1.807) is 48.3 Å². The lowest BCUT2D eigenvalue weighted by Gasteiger charge is -2.37. The van der Waals surface area contributed by atoms with Gasteiger partial charge in [0.2, 0.25) is 5.91 Å². The molecule has 1 atom stereocenters. The summed E-state index contributed by atoms with van der Waals surface area (Å²) in [6.07, 6.45) is 0.717. The predicted octanol–water partition coefficient (Wildman–Crippen LogP) is 5.08. The molecule has 4 rings (SSSR count). The Morgan fingerprint density at radius 3 is 2.56 bits per heavy atom. The number of carbonyl (C=O) groups excluding carboxylic acids is 2. The lowest BCUT2D eigenvalue weighted by molar-refractivity contribution is -0.136. The van der Waals surface area contributed by atoms with Crippen LogP contribution in [0.1, 0.15) is 40.7 Å². The molecule has 178 valence electrons. The van der Waals surface area contributed by atoms with Gasteiger partial charge < -0.3 is 14.5 Å². The van der Waals surface area contributed by atoms with Crippen LogP contribution in [0.15, 0.2) is 60.0 Å². The first-order chi connectivity index (χ1) is 16.3. The van der Waals surface area contributed by atoms with E-state index >= 15 is 0 Å². The Balaban J connectivity index is 1.54. The Kier molecular flexibility index (Phi) is 7.26. The normalized spacial score (nSPS) is 15.2. The minimum absolute atomic E-state index is 0.0565. The first-order valence-corrected chi connectivity index (χ1v) is 12.0. The van der Waals surface area contributed by atoms with Crippen molar-refractivity contribution in [2.75, 3.05) is 19.7 Å². The molecule has 5 nitrogen and oxygen atoms in total. The molecule has 1 aliphatic heterocycles. The SMILES string of the molecule is CC(C)N(CC(=O)N1CCc2sccc2C1COc1ccc(F)cc1)C(=O)c1ccccc1F. The molecule has 0 saturated heterocycles. The Morgan fingerprint density at radius 1 is 1.12 bits per heavy atom. The third kappa shape index (κ3) is 5.12. The van der Waals surface area contributed by atoms with E-state index in [1.807, 2.05) is 11.4 Å². The van der Waals surface area contributed by atoms with Crippen molar-refractivity contribution in [2.24, 2.45) is 0 Å². The number of rotatable bonds is 7. The zero-order valence-corrected chi connectivity index (χ0v) is 19.9. The molecule has 0 spiro atoms. The molecule has 1 unspecified atom stereocenters. The second kappa shape index (κ2) is 10.3. The predicted molar refractivity (Wildman–Crippen MR) is 127 cm³/mol. The number of carbonyl (C=O) groups is 2. The van der Waals surface area contributed by atoms with E-state index < -0.39 is 11.7 Å². The molecule has 8 heteroatoms. The second-order valence-corrected chi connectivity index (χ2v) is 9.42. The fraction of sp³-hybridized carbons (Fsp3) is 0.308. The highest BCUT2D eigenvalue weighted by atomic mass is 32.1. The fourth-order valence-corrected chi connectivity index (χ4v) is 5.02. The van der Waals surface area contributed by atoms with Crippen molar-refractivity contribution in [1.82, 2.24) is 9.80 Å². The van der Waals surface area contributed by atoms with Crippen molar-refractivity contribution < 1.29 is 23.1 Å². The van der Waals surface area contributed by atoms with Crippen LogP contribution >= 0.6 is 11.3 Å². The van der Waals surface area contributed by atoms with Crippen molar-refractivity contribution in [2.45, 2.75) is 32.4 Å². The molecule has 3 aromatic rings. The van der Waals surface area contributed by atoms with Crippen LogP contribution in [0.5, 0.6) is 5.75 Å². The van der Waals surface area contributed by atoms with Gasteiger partial charge in [-0.05, 0) is 73.7 Å². The van der Waals surface area contributed by atoms with Crippen LogP contribution in [0, 0.1) is 11.6 Å². The summed E-state index contributed by atoms with van der Waals surface area (Å²) >= 11 is 1.64. The van der Waals surface area contributed by atoms with Crippen molar-refractivity contribution >= 4 is 23.2 Å². The van der Waals surface area contributed by atoms with Gasteiger partial charge in [0.25, 0.3) is 5.91 Å². The van der Waals surface area contributed by atoms with Gasteiger partial charge in [0.05, 0.1) is 11.6 Å². The summed E-state index contributed by atoms with van der Waals surface area (Å²) in [5.41, 5.74) is 0.960. The summed E-state index contributed by atoms with van der Waals surface area (Å²) in [6, 6.07) is 12.9. The van der Waals surface area contributed by atoms with Gasteiger partial charge in [-0.25, -0.2) is 8.78 Å². The largest absolute Gasteiger partial charge is 0.491 e. The number of nitrogens with zero attached hydrogens (tertiary/aromatic N) is 2. The van der Waals surface area contributed by atoms with E-state index in [1.165, 1.54) is 40.1 Å². The minimum atomic E-state index is -0.614. The lowest BCUT2D eigenvalue weighted by Crippen LogP contribution is -2.49. The van der Waals surface area contributed by atoms with E-state index in [0.29, 0.717) is 18.7 Å². The number of thiophene rings is 1. The number of fused-ring (bicyclic) bond motifs is 1. The summed E-state index contributed by atoms with van der Waals surface area (Å²) < 4.78 is 33.4. The van der Waals surface area contributed by atoms with Gasteiger partial charge in [-0.2, -0.15) is 0 Å². The highest BCUT2D eigenvalue weighted by Gasteiger charge is 2.34. The topological polar surface area (TPSA) is 49.9 Å². The quantitative estimate of drug-likeness (QED) is 0.470. The maximum absolute atomic E-state index is 14.3. The molecule has 0 aliphatic carbocycles. The highest BCUT2D eigenvalue weighted by molar-refractivity contribution is 7.10. The number of hydrogen-bond donors (Lipinski definition) is 0. The van der Waals surface area contributed by atoms with E-state index in [9.17, 15) is 18.4 Å². The maximum Gasteiger partial charge on any atom is 0.257 e. The number of amides is 2. The third-order valence-corrected chi connectivity index (χ3v) is 6.93.